The van der Waals surface area contributed by atoms with Crippen molar-refractivity contribution in [1.29, 1.82) is 5.41 Å². The van der Waals surface area contributed by atoms with Crippen molar-refractivity contribution in [3.05, 3.63) is 45.1 Å². The van der Waals surface area contributed by atoms with Gasteiger partial charge in [0.15, 0.2) is 0 Å². The lowest BCUT2D eigenvalue weighted by Crippen LogP contribution is -2.08. The van der Waals surface area contributed by atoms with Gasteiger partial charge in [-0.05, 0) is 25.3 Å². The van der Waals surface area contributed by atoms with Gasteiger partial charge in [0.1, 0.15) is 5.84 Å². The molecule has 0 aliphatic heterocycles. The first-order chi connectivity index (χ1) is 9.36. The quantitative estimate of drug-likeness (QED) is 0.330. The molecule has 0 fully saturated rings. The predicted octanol–water partition coefficient (Wildman–Crippen LogP) is 4.23. The standard InChI is InChI=1S/C13H15BrN2OS3/c1-8(14)5-4-6-9(2)20(17)11-7-10(12(15)16)19-13(11)18-3/h4-7H,1H2,2-3H3,(H3,15,16)/b5-4-,9-6+. The number of thioether (sulfide) groups is 1. The summed E-state index contributed by atoms with van der Waals surface area (Å²) >= 11 is 6.13. The highest BCUT2D eigenvalue weighted by Crippen LogP contribution is 2.34. The van der Waals surface area contributed by atoms with E-state index in [9.17, 15) is 4.21 Å². The normalized spacial score (nSPS) is 13.7. The summed E-state index contributed by atoms with van der Waals surface area (Å²) in [6, 6.07) is 1.74. The topological polar surface area (TPSA) is 66.9 Å². The number of nitrogens with one attached hydrogen (secondary N) is 1. The van der Waals surface area contributed by atoms with Crippen LogP contribution in [0.5, 0.6) is 0 Å². The first-order valence-electron chi connectivity index (χ1n) is 5.50. The van der Waals surface area contributed by atoms with Gasteiger partial charge in [-0.15, -0.1) is 23.1 Å². The van der Waals surface area contributed by atoms with E-state index in [-0.39, 0.29) is 5.84 Å². The van der Waals surface area contributed by atoms with Crippen LogP contribution in [0.15, 0.2) is 49.4 Å². The molecule has 0 aromatic carbocycles. The second-order valence-electron chi connectivity index (χ2n) is 3.73. The van der Waals surface area contributed by atoms with Crippen molar-refractivity contribution in [3.63, 3.8) is 0 Å². The van der Waals surface area contributed by atoms with Crippen LogP contribution in [0.25, 0.3) is 0 Å². The molecule has 1 unspecified atom stereocenters. The molecule has 0 amide bonds. The number of allylic oxidation sites excluding steroid dienone is 5. The molecule has 0 spiro atoms. The van der Waals surface area contributed by atoms with E-state index < -0.39 is 10.8 Å². The number of rotatable bonds is 6. The number of thiophene rings is 1. The predicted molar refractivity (Wildman–Crippen MR) is 94.5 cm³/mol. The number of amidine groups is 1. The molecule has 0 bridgehead atoms. The number of hydrogen-bond donors (Lipinski definition) is 2. The monoisotopic (exact) mass is 390 g/mol. The zero-order chi connectivity index (χ0) is 15.3. The minimum absolute atomic E-state index is 0.00525. The van der Waals surface area contributed by atoms with Gasteiger partial charge in [-0.3, -0.25) is 5.41 Å². The van der Waals surface area contributed by atoms with Crippen LogP contribution in [0.4, 0.5) is 0 Å². The highest BCUT2D eigenvalue weighted by Gasteiger charge is 2.16. The molecule has 3 N–H and O–H groups in total. The first-order valence-corrected chi connectivity index (χ1v) is 9.48. The van der Waals surface area contributed by atoms with Crippen molar-refractivity contribution in [2.45, 2.75) is 16.0 Å². The van der Waals surface area contributed by atoms with Crippen molar-refractivity contribution in [2.24, 2.45) is 5.73 Å². The molecule has 108 valence electrons. The molecule has 0 saturated carbocycles. The Labute approximate surface area is 138 Å². The SMILES string of the molecule is C=C(Br)/C=C\C=C(/C)S(=O)c1cc(C(=N)N)sc1SC. The molecule has 0 saturated heterocycles. The van der Waals surface area contributed by atoms with Crippen LogP contribution in [0, 0.1) is 5.41 Å². The molecule has 0 aliphatic carbocycles. The van der Waals surface area contributed by atoms with E-state index in [4.69, 9.17) is 11.1 Å². The molecular weight excluding hydrogens is 376 g/mol. The lowest BCUT2D eigenvalue weighted by molar-refractivity contribution is 0.686. The maximum Gasteiger partial charge on any atom is 0.133 e. The van der Waals surface area contributed by atoms with E-state index in [1.54, 1.807) is 24.3 Å². The Balaban J connectivity index is 3.08. The average molecular weight is 391 g/mol. The molecule has 20 heavy (non-hydrogen) atoms. The van der Waals surface area contributed by atoms with Crippen LogP contribution in [0.2, 0.25) is 0 Å². The van der Waals surface area contributed by atoms with Gasteiger partial charge in [0.2, 0.25) is 0 Å². The third kappa shape index (κ3) is 4.73. The van der Waals surface area contributed by atoms with Gasteiger partial charge in [0.05, 0.1) is 24.8 Å². The van der Waals surface area contributed by atoms with Crippen molar-refractivity contribution in [3.8, 4) is 0 Å². The third-order valence-electron chi connectivity index (χ3n) is 2.22. The largest absolute Gasteiger partial charge is 0.383 e. The maximum atomic E-state index is 12.5. The summed E-state index contributed by atoms with van der Waals surface area (Å²) in [5.41, 5.74) is 5.49. The molecule has 3 nitrogen and oxygen atoms in total. The van der Waals surface area contributed by atoms with Crippen LogP contribution in [-0.4, -0.2) is 16.3 Å². The Hall–Kier alpha value is -0.630. The summed E-state index contributed by atoms with van der Waals surface area (Å²) in [6.07, 6.45) is 7.29. The van der Waals surface area contributed by atoms with E-state index in [2.05, 4.69) is 22.5 Å². The molecule has 0 aliphatic rings. The molecule has 1 heterocycles. The number of nitrogen functional groups attached to an aromatic ring is 1. The maximum absolute atomic E-state index is 12.5. The van der Waals surface area contributed by atoms with Gasteiger partial charge in [0, 0.05) is 9.39 Å². The highest BCUT2D eigenvalue weighted by molar-refractivity contribution is 9.11. The molecule has 1 aromatic rings. The van der Waals surface area contributed by atoms with Gasteiger partial charge >= 0.3 is 0 Å². The van der Waals surface area contributed by atoms with Crippen LogP contribution in [0.1, 0.15) is 11.8 Å². The summed E-state index contributed by atoms with van der Waals surface area (Å²) in [4.78, 5) is 2.10. The molecule has 1 rings (SSSR count). The Morgan fingerprint density at radius 3 is 2.80 bits per heavy atom. The Morgan fingerprint density at radius 1 is 1.65 bits per heavy atom. The van der Waals surface area contributed by atoms with Crippen molar-refractivity contribution < 1.29 is 4.21 Å². The molecule has 1 aromatic heterocycles. The fourth-order valence-electron chi connectivity index (χ4n) is 1.29. The van der Waals surface area contributed by atoms with Gasteiger partial charge in [-0.25, -0.2) is 4.21 Å². The van der Waals surface area contributed by atoms with Gasteiger partial charge in [-0.2, -0.15) is 0 Å². The summed E-state index contributed by atoms with van der Waals surface area (Å²) in [6.45, 7) is 5.50. The third-order valence-corrected chi connectivity index (χ3v) is 6.49. The van der Waals surface area contributed by atoms with E-state index >= 15 is 0 Å². The van der Waals surface area contributed by atoms with Crippen LogP contribution in [0.3, 0.4) is 0 Å². The second kappa shape index (κ2) is 7.97. The fourth-order valence-corrected chi connectivity index (χ4v) is 4.78. The smallest absolute Gasteiger partial charge is 0.133 e. The van der Waals surface area contributed by atoms with Crippen LogP contribution in [-0.2, 0) is 10.8 Å². The fraction of sp³-hybridized carbons (Fsp3) is 0.154. The summed E-state index contributed by atoms with van der Waals surface area (Å²) in [5, 5.41) is 7.47. The van der Waals surface area contributed by atoms with E-state index in [1.807, 2.05) is 13.2 Å². The Bertz CT molecular complexity index is 617. The zero-order valence-electron chi connectivity index (χ0n) is 11.1. The minimum Gasteiger partial charge on any atom is -0.383 e. The highest BCUT2D eigenvalue weighted by atomic mass is 79.9. The lowest BCUT2D eigenvalue weighted by atomic mass is 10.4. The van der Waals surface area contributed by atoms with Crippen molar-refractivity contribution in [1.82, 2.24) is 0 Å². The Morgan fingerprint density at radius 2 is 2.30 bits per heavy atom. The van der Waals surface area contributed by atoms with Crippen molar-refractivity contribution >= 4 is 55.7 Å². The minimum atomic E-state index is -1.25. The lowest BCUT2D eigenvalue weighted by Gasteiger charge is -2.01. The Kier molecular flexibility index (Phi) is 6.94. The van der Waals surface area contributed by atoms with Gasteiger partial charge < -0.3 is 5.73 Å². The van der Waals surface area contributed by atoms with Gasteiger partial charge in [-0.1, -0.05) is 34.7 Å². The summed E-state index contributed by atoms with van der Waals surface area (Å²) < 4.78 is 14.2. The first kappa shape index (κ1) is 17.4. The summed E-state index contributed by atoms with van der Waals surface area (Å²) in [7, 11) is -1.25. The molecular formula is C13H15BrN2OS3. The van der Waals surface area contributed by atoms with E-state index in [0.29, 0.717) is 9.77 Å². The van der Waals surface area contributed by atoms with Gasteiger partial charge in [0.25, 0.3) is 0 Å². The number of halogens is 1. The summed E-state index contributed by atoms with van der Waals surface area (Å²) in [5.74, 6) is 0.00525. The van der Waals surface area contributed by atoms with E-state index in [1.165, 1.54) is 23.1 Å². The zero-order valence-corrected chi connectivity index (χ0v) is 15.1. The molecule has 0 radical (unpaired) electrons. The molecule has 7 heteroatoms. The van der Waals surface area contributed by atoms with Crippen LogP contribution >= 0.6 is 39.0 Å². The van der Waals surface area contributed by atoms with Crippen LogP contribution < -0.4 is 5.73 Å². The van der Waals surface area contributed by atoms with Crippen molar-refractivity contribution in [2.75, 3.05) is 6.26 Å². The number of hydrogen-bond acceptors (Lipinski definition) is 4. The second-order valence-corrected chi connectivity index (χ2v) is 8.50. The molecule has 1 atom stereocenters. The van der Waals surface area contributed by atoms with E-state index in [0.717, 1.165) is 13.6 Å². The number of nitrogens with two attached hydrogens (primary N) is 1. The average Bonchev–Trinajstić information content (AvgIpc) is 2.81.